The maximum atomic E-state index is 11.0. The summed E-state index contributed by atoms with van der Waals surface area (Å²) in [6, 6.07) is 0. The molecule has 0 aromatic rings. The highest BCUT2D eigenvalue weighted by molar-refractivity contribution is 5.68. The molecule has 2 nitrogen and oxygen atoms in total. The maximum Gasteiger partial charge on any atom is 0.305 e. The van der Waals surface area contributed by atoms with Gasteiger partial charge in [-0.3, -0.25) is 4.79 Å². The van der Waals surface area contributed by atoms with Crippen LogP contribution in [-0.2, 0) is 9.53 Å². The molecule has 86 valence electrons. The van der Waals surface area contributed by atoms with E-state index in [1.54, 1.807) is 0 Å². The molecule has 0 spiro atoms. The molecule has 0 aliphatic heterocycles. The summed E-state index contributed by atoms with van der Waals surface area (Å²) >= 11 is 0. The zero-order valence-corrected chi connectivity index (χ0v) is 9.97. The van der Waals surface area contributed by atoms with Crippen molar-refractivity contribution in [2.45, 2.75) is 58.3 Å². The first-order valence-corrected chi connectivity index (χ1v) is 6.14. The van der Waals surface area contributed by atoms with Gasteiger partial charge in [0.25, 0.3) is 0 Å². The Kier molecular flexibility index (Phi) is 2.78. The van der Waals surface area contributed by atoms with Gasteiger partial charge in [0.2, 0.25) is 0 Å². The fourth-order valence-corrected chi connectivity index (χ4v) is 3.69. The van der Waals surface area contributed by atoms with Gasteiger partial charge in [-0.05, 0) is 55.8 Å². The Morgan fingerprint density at radius 2 is 1.93 bits per heavy atom. The van der Waals surface area contributed by atoms with E-state index in [4.69, 9.17) is 0 Å². The number of carbonyl (C=O) groups is 1. The third-order valence-electron chi connectivity index (χ3n) is 4.64. The van der Waals surface area contributed by atoms with Gasteiger partial charge in [0.1, 0.15) is 0 Å². The summed E-state index contributed by atoms with van der Waals surface area (Å²) in [6.45, 7) is 2.43. The number of carbonyl (C=O) groups excluding carboxylic acids is 1. The predicted molar refractivity (Wildman–Crippen MR) is 59.5 cm³/mol. The van der Waals surface area contributed by atoms with E-state index in [0.29, 0.717) is 17.3 Å². The Labute approximate surface area is 92.4 Å². The minimum Gasteiger partial charge on any atom is -0.469 e. The van der Waals surface area contributed by atoms with Crippen molar-refractivity contribution in [3.8, 4) is 0 Å². The van der Waals surface area contributed by atoms with Gasteiger partial charge in [0.05, 0.1) is 7.11 Å². The number of methoxy groups -OCH3 is 1. The molecule has 15 heavy (non-hydrogen) atoms. The van der Waals surface area contributed by atoms with Gasteiger partial charge in [-0.25, -0.2) is 0 Å². The fourth-order valence-electron chi connectivity index (χ4n) is 3.69. The molecule has 0 unspecified atom stereocenters. The highest BCUT2D eigenvalue weighted by Gasteiger charge is 2.50. The first kappa shape index (κ1) is 11.0. The maximum absolute atomic E-state index is 11.0. The molecule has 2 rings (SSSR count). The second-order valence-corrected chi connectivity index (χ2v) is 5.92. The molecular formula is C13H22O2. The van der Waals surface area contributed by atoms with E-state index in [0.717, 1.165) is 6.42 Å². The summed E-state index contributed by atoms with van der Waals surface area (Å²) in [6.07, 6.45) is 9.86. The van der Waals surface area contributed by atoms with E-state index in [1.807, 2.05) is 0 Å². The van der Waals surface area contributed by atoms with Crippen molar-refractivity contribution in [3.63, 3.8) is 0 Å². The molecule has 0 amide bonds. The lowest BCUT2D eigenvalue weighted by Crippen LogP contribution is -2.14. The first-order chi connectivity index (χ1) is 7.08. The van der Waals surface area contributed by atoms with Crippen molar-refractivity contribution in [1.82, 2.24) is 0 Å². The van der Waals surface area contributed by atoms with Crippen LogP contribution in [0.3, 0.4) is 0 Å². The minimum atomic E-state index is -0.0508. The average Bonchev–Trinajstić information content (AvgIpc) is 2.71. The van der Waals surface area contributed by atoms with Gasteiger partial charge < -0.3 is 4.74 Å². The molecule has 2 fully saturated rings. The van der Waals surface area contributed by atoms with Crippen LogP contribution < -0.4 is 0 Å². The van der Waals surface area contributed by atoms with E-state index < -0.39 is 0 Å². The van der Waals surface area contributed by atoms with Crippen molar-refractivity contribution < 1.29 is 9.53 Å². The van der Waals surface area contributed by atoms with Crippen LogP contribution in [0.1, 0.15) is 58.3 Å². The molecule has 2 saturated carbocycles. The summed E-state index contributed by atoms with van der Waals surface area (Å²) in [5, 5.41) is 0. The van der Waals surface area contributed by atoms with E-state index in [2.05, 4.69) is 11.7 Å². The fraction of sp³-hybridized carbons (Fsp3) is 0.923. The van der Waals surface area contributed by atoms with Gasteiger partial charge in [-0.1, -0.05) is 6.92 Å². The number of hydrogen-bond donors (Lipinski definition) is 0. The van der Waals surface area contributed by atoms with Crippen LogP contribution in [0, 0.1) is 10.8 Å². The number of esters is 1. The van der Waals surface area contributed by atoms with E-state index in [1.165, 1.54) is 45.6 Å². The lowest BCUT2D eigenvalue weighted by molar-refractivity contribution is -0.140. The SMILES string of the molecule is COC(=O)CCCC12CCC(C)(CC1)C2. The summed E-state index contributed by atoms with van der Waals surface area (Å²) in [4.78, 5) is 11.0. The van der Waals surface area contributed by atoms with Crippen LogP contribution in [0.25, 0.3) is 0 Å². The van der Waals surface area contributed by atoms with Gasteiger partial charge in [0, 0.05) is 6.42 Å². The second-order valence-electron chi connectivity index (χ2n) is 5.92. The summed E-state index contributed by atoms with van der Waals surface area (Å²) in [7, 11) is 1.48. The smallest absolute Gasteiger partial charge is 0.305 e. The molecule has 2 aliphatic carbocycles. The number of hydrogen-bond acceptors (Lipinski definition) is 2. The van der Waals surface area contributed by atoms with Gasteiger partial charge in [0.15, 0.2) is 0 Å². The second kappa shape index (κ2) is 3.80. The molecule has 0 saturated heterocycles. The topological polar surface area (TPSA) is 26.3 Å². The third kappa shape index (κ3) is 2.19. The van der Waals surface area contributed by atoms with E-state index >= 15 is 0 Å². The monoisotopic (exact) mass is 210 g/mol. The quantitative estimate of drug-likeness (QED) is 0.665. The predicted octanol–water partition coefficient (Wildman–Crippen LogP) is 3.30. The highest BCUT2D eigenvalue weighted by atomic mass is 16.5. The third-order valence-corrected chi connectivity index (χ3v) is 4.64. The van der Waals surface area contributed by atoms with Gasteiger partial charge >= 0.3 is 5.97 Å². The molecule has 0 aromatic carbocycles. The molecule has 2 heteroatoms. The van der Waals surface area contributed by atoms with Crippen molar-refractivity contribution in [3.05, 3.63) is 0 Å². The lowest BCUT2D eigenvalue weighted by atomic mass is 9.79. The molecular weight excluding hydrogens is 188 g/mol. The Hall–Kier alpha value is -0.530. The van der Waals surface area contributed by atoms with Crippen molar-refractivity contribution in [2.75, 3.05) is 7.11 Å². The van der Waals surface area contributed by atoms with Crippen LogP contribution in [0.15, 0.2) is 0 Å². The van der Waals surface area contributed by atoms with Crippen LogP contribution in [0.2, 0.25) is 0 Å². The van der Waals surface area contributed by atoms with Crippen LogP contribution in [-0.4, -0.2) is 13.1 Å². The Morgan fingerprint density at radius 1 is 1.27 bits per heavy atom. The zero-order valence-electron chi connectivity index (χ0n) is 9.97. The molecule has 2 bridgehead atoms. The molecule has 0 N–H and O–H groups in total. The van der Waals surface area contributed by atoms with Gasteiger partial charge in [-0.2, -0.15) is 0 Å². The van der Waals surface area contributed by atoms with E-state index in [-0.39, 0.29) is 5.97 Å². The number of fused-ring (bicyclic) bond motifs is 2. The number of ether oxygens (including phenoxy) is 1. The Bertz CT molecular complexity index is 249. The summed E-state index contributed by atoms with van der Waals surface area (Å²) in [5.74, 6) is -0.0508. The van der Waals surface area contributed by atoms with Crippen LogP contribution in [0.4, 0.5) is 0 Å². The molecule has 0 heterocycles. The highest BCUT2D eigenvalue weighted by Crippen LogP contribution is 2.63. The standard InChI is InChI=1S/C13H22O2/c1-12-6-8-13(10-12,9-7-12)5-3-4-11(14)15-2/h3-10H2,1-2H3. The lowest BCUT2D eigenvalue weighted by Gasteiger charge is -2.26. The zero-order chi connectivity index (χ0) is 10.9. The Balaban J connectivity index is 1.78. The van der Waals surface area contributed by atoms with Crippen LogP contribution in [0.5, 0.6) is 0 Å². The first-order valence-electron chi connectivity index (χ1n) is 6.14. The number of rotatable bonds is 4. The molecule has 0 radical (unpaired) electrons. The molecule has 0 aromatic heterocycles. The van der Waals surface area contributed by atoms with Gasteiger partial charge in [-0.15, -0.1) is 0 Å². The van der Waals surface area contributed by atoms with E-state index in [9.17, 15) is 4.79 Å². The normalized spacial score (nSPS) is 38.3. The minimum absolute atomic E-state index is 0.0508. The summed E-state index contributed by atoms with van der Waals surface area (Å²) < 4.78 is 4.67. The average molecular weight is 210 g/mol. The van der Waals surface area contributed by atoms with Crippen molar-refractivity contribution in [2.24, 2.45) is 10.8 Å². The van der Waals surface area contributed by atoms with Crippen LogP contribution >= 0.6 is 0 Å². The Morgan fingerprint density at radius 3 is 2.40 bits per heavy atom. The van der Waals surface area contributed by atoms with Crippen molar-refractivity contribution >= 4 is 5.97 Å². The largest absolute Gasteiger partial charge is 0.469 e. The van der Waals surface area contributed by atoms with Crippen molar-refractivity contribution in [1.29, 1.82) is 0 Å². The molecule has 2 aliphatic rings. The summed E-state index contributed by atoms with van der Waals surface area (Å²) in [5.41, 5.74) is 1.24. The molecule has 0 atom stereocenters.